The lowest BCUT2D eigenvalue weighted by atomic mass is 9.88. The van der Waals surface area contributed by atoms with Crippen molar-refractivity contribution in [1.29, 1.82) is 0 Å². The smallest absolute Gasteiger partial charge is 0.323 e. The van der Waals surface area contributed by atoms with Gasteiger partial charge in [0.2, 0.25) is 0 Å². The third kappa shape index (κ3) is 5.81. The monoisotopic (exact) mass is 281 g/mol. The molecule has 20 heavy (non-hydrogen) atoms. The topological polar surface area (TPSA) is 69.8 Å². The van der Waals surface area contributed by atoms with Gasteiger partial charge in [-0.25, -0.2) is 0 Å². The van der Waals surface area contributed by atoms with E-state index < -0.39 is 11.5 Å². The van der Waals surface area contributed by atoms with Gasteiger partial charge in [-0.05, 0) is 39.4 Å². The van der Waals surface area contributed by atoms with E-state index in [1.807, 2.05) is 0 Å². The number of unbranched alkanes of at least 4 members (excludes halogenated alkanes) is 1. The van der Waals surface area contributed by atoms with E-state index in [1.165, 1.54) is 0 Å². The molecule has 0 amide bonds. The zero-order valence-electron chi connectivity index (χ0n) is 12.7. The Bertz CT molecular complexity index is 304. The fourth-order valence-corrected chi connectivity index (χ4v) is 2.60. The van der Waals surface area contributed by atoms with E-state index in [0.29, 0.717) is 19.2 Å². The van der Waals surface area contributed by atoms with Crippen LogP contribution in [0.2, 0.25) is 6.32 Å². The van der Waals surface area contributed by atoms with Crippen molar-refractivity contribution in [2.45, 2.75) is 44.0 Å². The van der Waals surface area contributed by atoms with Gasteiger partial charge in [-0.3, -0.25) is 4.79 Å². The summed E-state index contributed by atoms with van der Waals surface area (Å²) in [5, 5.41) is 9.38. The maximum atomic E-state index is 11.4. The van der Waals surface area contributed by atoms with E-state index in [9.17, 15) is 9.90 Å². The fourth-order valence-electron chi connectivity index (χ4n) is 2.60. The summed E-state index contributed by atoms with van der Waals surface area (Å²) in [4.78, 5) is 16.1. The molecule has 0 aromatic rings. The Hall–Kier alpha value is -0.585. The molecule has 1 saturated heterocycles. The Morgan fingerprint density at radius 2 is 2.00 bits per heavy atom. The molecule has 0 aliphatic carbocycles. The number of hydrogen-bond donors (Lipinski definition) is 2. The van der Waals surface area contributed by atoms with Crippen molar-refractivity contribution in [1.82, 2.24) is 9.80 Å². The van der Waals surface area contributed by atoms with Gasteiger partial charge >= 0.3 is 5.97 Å². The van der Waals surface area contributed by atoms with E-state index in [1.54, 1.807) is 0 Å². The van der Waals surface area contributed by atoms with Crippen LogP contribution in [-0.4, -0.2) is 74.0 Å². The largest absolute Gasteiger partial charge is 0.480 e. The van der Waals surface area contributed by atoms with Crippen molar-refractivity contribution in [2.24, 2.45) is 5.73 Å². The average molecular weight is 281 g/mol. The van der Waals surface area contributed by atoms with Gasteiger partial charge in [0.15, 0.2) is 0 Å². The number of aliphatic carboxylic acids is 1. The first kappa shape index (κ1) is 17.5. The highest BCUT2D eigenvalue weighted by atomic mass is 16.4. The Balaban J connectivity index is 2.43. The molecule has 1 aliphatic rings. The molecule has 114 valence electrons. The minimum atomic E-state index is -1.10. The number of nitrogens with zero attached hydrogens (tertiary/aromatic N) is 2. The first-order valence-electron chi connectivity index (χ1n) is 7.61. The summed E-state index contributed by atoms with van der Waals surface area (Å²) in [7, 11) is 7.58. The van der Waals surface area contributed by atoms with Crippen LogP contribution < -0.4 is 5.73 Å². The lowest BCUT2D eigenvalue weighted by molar-refractivity contribution is -0.144. The molecule has 1 rings (SSSR count). The van der Waals surface area contributed by atoms with Crippen LogP contribution in [0.5, 0.6) is 0 Å². The van der Waals surface area contributed by atoms with Crippen molar-refractivity contribution in [3.63, 3.8) is 0 Å². The average Bonchev–Trinajstić information content (AvgIpc) is 2.61. The number of carboxylic acids is 1. The quantitative estimate of drug-likeness (QED) is 0.502. The number of likely N-dealkylation sites (N-methyl/N-ethyl adjacent to an activating group) is 1. The first-order valence-corrected chi connectivity index (χ1v) is 7.61. The summed E-state index contributed by atoms with van der Waals surface area (Å²) in [5.41, 5.74) is 4.98. The van der Waals surface area contributed by atoms with E-state index in [0.717, 1.165) is 52.0 Å². The fraction of sp³-hybridized carbons (Fsp3) is 0.929. The summed E-state index contributed by atoms with van der Waals surface area (Å²) in [5.74, 6) is -0.888. The van der Waals surface area contributed by atoms with Crippen LogP contribution in [0.3, 0.4) is 0 Å². The maximum Gasteiger partial charge on any atom is 0.323 e. The summed E-state index contributed by atoms with van der Waals surface area (Å²) in [6, 6.07) is 0. The van der Waals surface area contributed by atoms with Crippen LogP contribution in [0.1, 0.15) is 32.1 Å². The molecule has 0 aromatic carbocycles. The molecule has 1 heterocycles. The van der Waals surface area contributed by atoms with Gasteiger partial charge in [-0.2, -0.15) is 0 Å². The Labute approximate surface area is 123 Å². The van der Waals surface area contributed by atoms with Crippen molar-refractivity contribution in [3.8, 4) is 0 Å². The van der Waals surface area contributed by atoms with Gasteiger partial charge in [0.1, 0.15) is 5.54 Å². The van der Waals surface area contributed by atoms with Gasteiger partial charge < -0.3 is 20.6 Å². The predicted octanol–water partition coefficient (Wildman–Crippen LogP) is 0.553. The molecule has 0 saturated carbocycles. The highest BCUT2D eigenvalue weighted by Crippen LogP contribution is 2.18. The van der Waals surface area contributed by atoms with Crippen LogP contribution in [-0.2, 0) is 4.79 Å². The van der Waals surface area contributed by atoms with Crippen LogP contribution >= 0.6 is 0 Å². The molecule has 2 radical (unpaired) electrons. The first-order chi connectivity index (χ1) is 9.48. The molecule has 1 atom stereocenters. The van der Waals surface area contributed by atoms with Gasteiger partial charge in [-0.1, -0.05) is 19.2 Å². The van der Waals surface area contributed by atoms with E-state index in [4.69, 9.17) is 13.6 Å². The van der Waals surface area contributed by atoms with E-state index in [2.05, 4.69) is 16.8 Å². The highest BCUT2D eigenvalue weighted by Gasteiger charge is 2.33. The zero-order chi connectivity index (χ0) is 15.0. The number of carboxylic acid groups (broad SMARTS) is 1. The lowest BCUT2D eigenvalue weighted by Gasteiger charge is -2.28. The normalized spacial score (nSPS) is 21.3. The number of hydrogen-bond acceptors (Lipinski definition) is 4. The van der Waals surface area contributed by atoms with E-state index >= 15 is 0 Å². The molecule has 5 nitrogen and oxygen atoms in total. The lowest BCUT2D eigenvalue weighted by Crippen LogP contribution is -2.50. The minimum absolute atomic E-state index is 0.507. The second-order valence-corrected chi connectivity index (χ2v) is 5.96. The third-order valence-electron chi connectivity index (χ3n) is 4.19. The molecule has 1 fully saturated rings. The number of carbonyl (C=O) groups is 1. The number of nitrogens with two attached hydrogens (primary N) is 1. The summed E-state index contributed by atoms with van der Waals surface area (Å²) >= 11 is 0. The SMILES string of the molecule is [B]CCCCC(N)(CCN1CCCN(C)CC1)C(=O)O. The van der Waals surface area contributed by atoms with Crippen LogP contribution in [0.4, 0.5) is 0 Å². The van der Waals surface area contributed by atoms with Crippen molar-refractivity contribution in [3.05, 3.63) is 0 Å². The zero-order valence-corrected chi connectivity index (χ0v) is 12.7. The second kappa shape index (κ2) is 8.65. The summed E-state index contributed by atoms with van der Waals surface area (Å²) in [6.07, 6.45) is 4.36. The van der Waals surface area contributed by atoms with E-state index in [-0.39, 0.29) is 0 Å². The molecule has 1 unspecified atom stereocenters. The predicted molar refractivity (Wildman–Crippen MR) is 82.1 cm³/mol. The van der Waals surface area contributed by atoms with Gasteiger partial charge in [0.05, 0.1) is 7.85 Å². The molecule has 1 aliphatic heterocycles. The molecule has 0 spiro atoms. The summed E-state index contributed by atoms with van der Waals surface area (Å²) in [6.45, 7) is 4.94. The van der Waals surface area contributed by atoms with Gasteiger partial charge in [0, 0.05) is 19.6 Å². The minimum Gasteiger partial charge on any atom is -0.480 e. The highest BCUT2D eigenvalue weighted by molar-refractivity contribution is 6.08. The van der Waals surface area contributed by atoms with Crippen molar-refractivity contribution in [2.75, 3.05) is 39.8 Å². The van der Waals surface area contributed by atoms with Gasteiger partial charge in [0.25, 0.3) is 0 Å². The summed E-state index contributed by atoms with van der Waals surface area (Å²) < 4.78 is 0. The molecular weight excluding hydrogens is 253 g/mol. The molecule has 0 aromatic heterocycles. The van der Waals surface area contributed by atoms with Crippen molar-refractivity contribution < 1.29 is 9.90 Å². The Morgan fingerprint density at radius 1 is 1.25 bits per heavy atom. The van der Waals surface area contributed by atoms with Crippen LogP contribution in [0.25, 0.3) is 0 Å². The Kier molecular flexibility index (Phi) is 7.55. The Morgan fingerprint density at radius 3 is 2.65 bits per heavy atom. The standard InChI is InChI=1S/C14H28BN3O2/c1-17-8-4-9-18(12-11-17)10-6-14(16,13(19)20)5-2-3-7-15/h2-12,16H2,1H3,(H,19,20). The molecule has 6 heteroatoms. The maximum absolute atomic E-state index is 11.4. The third-order valence-corrected chi connectivity index (χ3v) is 4.19. The van der Waals surface area contributed by atoms with Crippen LogP contribution in [0, 0.1) is 0 Å². The second-order valence-electron chi connectivity index (χ2n) is 5.96. The molecule has 0 bridgehead atoms. The molecular formula is C14H28BN3O2. The van der Waals surface area contributed by atoms with Gasteiger partial charge in [-0.15, -0.1) is 0 Å². The van der Waals surface area contributed by atoms with Crippen molar-refractivity contribution >= 4 is 13.8 Å². The molecule has 3 N–H and O–H groups in total. The van der Waals surface area contributed by atoms with Crippen LogP contribution in [0.15, 0.2) is 0 Å². The number of rotatable bonds is 8.